The molecule has 2 rings (SSSR count). The molecule has 1 aliphatic rings. The van der Waals surface area contributed by atoms with E-state index in [2.05, 4.69) is 57.2 Å². The third-order valence-corrected chi connectivity index (χ3v) is 4.13. The number of aromatic nitrogens is 2. The van der Waals surface area contributed by atoms with Crippen molar-refractivity contribution in [3.8, 4) is 0 Å². The molecule has 0 aliphatic heterocycles. The van der Waals surface area contributed by atoms with Gasteiger partial charge >= 0.3 is 0 Å². The lowest BCUT2D eigenvalue weighted by atomic mass is 9.94. The van der Waals surface area contributed by atoms with E-state index in [1.54, 1.807) is 0 Å². The summed E-state index contributed by atoms with van der Waals surface area (Å²) in [6.07, 6.45) is 7.78. The molecule has 1 aromatic heterocycles. The summed E-state index contributed by atoms with van der Waals surface area (Å²) >= 11 is 0. The third-order valence-electron chi connectivity index (χ3n) is 4.13. The zero-order valence-electron chi connectivity index (χ0n) is 14.5. The van der Waals surface area contributed by atoms with Crippen LogP contribution in [0.4, 0.5) is 0 Å². The monoisotopic (exact) mass is 303 g/mol. The Balaban J connectivity index is 2.08. The second kappa shape index (κ2) is 6.67. The molecule has 0 fully saturated rings. The largest absolute Gasteiger partial charge is 0.350 e. The van der Waals surface area contributed by atoms with Crippen LogP contribution in [0.5, 0.6) is 0 Å². The van der Waals surface area contributed by atoms with Crippen LogP contribution in [0, 0.1) is 5.92 Å². The Bertz CT molecular complexity index is 549. The summed E-state index contributed by atoms with van der Waals surface area (Å²) < 4.78 is 1.98. The van der Waals surface area contributed by atoms with Gasteiger partial charge in [0.15, 0.2) is 0 Å². The molecule has 1 amide bonds. The predicted octanol–water partition coefficient (Wildman–Crippen LogP) is 3.85. The van der Waals surface area contributed by atoms with E-state index in [-0.39, 0.29) is 11.4 Å². The molecule has 1 aliphatic carbocycles. The first-order chi connectivity index (χ1) is 10.3. The molecular weight excluding hydrogens is 274 g/mol. The van der Waals surface area contributed by atoms with Crippen LogP contribution in [-0.4, -0.2) is 22.2 Å². The van der Waals surface area contributed by atoms with Gasteiger partial charge < -0.3 is 5.32 Å². The number of amides is 1. The van der Waals surface area contributed by atoms with Gasteiger partial charge in [-0.2, -0.15) is 5.10 Å². The molecule has 1 heterocycles. The highest BCUT2D eigenvalue weighted by Crippen LogP contribution is 2.23. The van der Waals surface area contributed by atoms with Crippen LogP contribution in [0.15, 0.2) is 18.2 Å². The smallest absolute Gasteiger partial charge is 0.271 e. The topological polar surface area (TPSA) is 46.9 Å². The van der Waals surface area contributed by atoms with E-state index in [1.807, 2.05) is 10.7 Å². The SMILES string of the molecule is CC(C)c1cc(C(=O)NC[C@@H]2CC=CCC2)nn1C(C)(C)C. The van der Waals surface area contributed by atoms with Crippen LogP contribution in [-0.2, 0) is 5.54 Å². The molecule has 0 radical (unpaired) electrons. The van der Waals surface area contributed by atoms with E-state index < -0.39 is 0 Å². The quantitative estimate of drug-likeness (QED) is 0.859. The highest BCUT2D eigenvalue weighted by atomic mass is 16.1. The molecule has 22 heavy (non-hydrogen) atoms. The number of carbonyl (C=O) groups excluding carboxylic acids is 1. The number of rotatable bonds is 4. The van der Waals surface area contributed by atoms with E-state index in [0.717, 1.165) is 31.5 Å². The van der Waals surface area contributed by atoms with Crippen LogP contribution in [0.25, 0.3) is 0 Å². The average Bonchev–Trinajstić information content (AvgIpc) is 2.91. The van der Waals surface area contributed by atoms with Gasteiger partial charge in [-0.1, -0.05) is 26.0 Å². The molecule has 0 unspecified atom stereocenters. The lowest BCUT2D eigenvalue weighted by molar-refractivity contribution is 0.0939. The Hall–Kier alpha value is -1.58. The molecule has 122 valence electrons. The molecule has 0 bridgehead atoms. The average molecular weight is 303 g/mol. The van der Waals surface area contributed by atoms with E-state index in [4.69, 9.17) is 0 Å². The van der Waals surface area contributed by atoms with Gasteiger partial charge in [0.2, 0.25) is 0 Å². The molecule has 0 saturated carbocycles. The maximum Gasteiger partial charge on any atom is 0.271 e. The Morgan fingerprint density at radius 2 is 2.14 bits per heavy atom. The summed E-state index contributed by atoms with van der Waals surface area (Å²) in [5, 5.41) is 7.61. The van der Waals surface area contributed by atoms with Crippen LogP contribution >= 0.6 is 0 Å². The normalized spacial score (nSPS) is 18.7. The van der Waals surface area contributed by atoms with E-state index >= 15 is 0 Å². The number of nitrogens with zero attached hydrogens (tertiary/aromatic N) is 2. The van der Waals surface area contributed by atoms with Crippen molar-refractivity contribution in [2.24, 2.45) is 5.92 Å². The van der Waals surface area contributed by atoms with Gasteiger partial charge in [-0.05, 0) is 57.9 Å². The predicted molar refractivity (Wildman–Crippen MR) is 90.1 cm³/mol. The van der Waals surface area contributed by atoms with Gasteiger partial charge in [0, 0.05) is 12.2 Å². The number of allylic oxidation sites excluding steroid dienone is 2. The van der Waals surface area contributed by atoms with E-state index in [9.17, 15) is 4.79 Å². The Morgan fingerprint density at radius 1 is 1.41 bits per heavy atom. The van der Waals surface area contributed by atoms with E-state index in [0.29, 0.717) is 17.5 Å². The fraction of sp³-hybridized carbons (Fsp3) is 0.667. The number of nitrogens with one attached hydrogen (secondary N) is 1. The zero-order chi connectivity index (χ0) is 16.3. The van der Waals surface area contributed by atoms with Gasteiger partial charge in [0.05, 0.1) is 5.54 Å². The van der Waals surface area contributed by atoms with Crippen molar-refractivity contribution < 1.29 is 4.79 Å². The Kier molecular flexibility index (Phi) is 5.09. The fourth-order valence-corrected chi connectivity index (χ4v) is 2.82. The van der Waals surface area contributed by atoms with Crippen molar-refractivity contribution in [2.45, 2.75) is 65.3 Å². The Morgan fingerprint density at radius 3 is 2.64 bits per heavy atom. The summed E-state index contributed by atoms with van der Waals surface area (Å²) in [6.45, 7) is 11.3. The second-order valence-corrected chi connectivity index (χ2v) is 7.55. The molecule has 4 heteroatoms. The van der Waals surface area contributed by atoms with Crippen molar-refractivity contribution in [3.63, 3.8) is 0 Å². The maximum absolute atomic E-state index is 12.4. The minimum Gasteiger partial charge on any atom is -0.350 e. The highest BCUT2D eigenvalue weighted by molar-refractivity contribution is 5.92. The van der Waals surface area contributed by atoms with Crippen molar-refractivity contribution in [3.05, 3.63) is 29.6 Å². The lowest BCUT2D eigenvalue weighted by Gasteiger charge is -2.23. The lowest BCUT2D eigenvalue weighted by Crippen LogP contribution is -2.31. The third kappa shape index (κ3) is 3.99. The minimum absolute atomic E-state index is 0.0561. The minimum atomic E-state index is -0.119. The van der Waals surface area contributed by atoms with Crippen LogP contribution in [0.1, 0.15) is 76.0 Å². The van der Waals surface area contributed by atoms with Crippen molar-refractivity contribution >= 4 is 5.91 Å². The summed E-state index contributed by atoms with van der Waals surface area (Å²) in [5.41, 5.74) is 1.52. The summed E-state index contributed by atoms with van der Waals surface area (Å²) in [4.78, 5) is 12.4. The van der Waals surface area contributed by atoms with Crippen LogP contribution < -0.4 is 5.32 Å². The fourth-order valence-electron chi connectivity index (χ4n) is 2.82. The number of carbonyl (C=O) groups is 1. The number of hydrogen-bond acceptors (Lipinski definition) is 2. The standard InChI is InChI=1S/C18H29N3O/c1-13(2)16-11-15(20-21(16)18(3,4)5)17(22)19-12-14-9-7-6-8-10-14/h6-7,11,13-14H,8-10,12H2,1-5H3,(H,19,22)/t14-/m1/s1. The molecular formula is C18H29N3O. The second-order valence-electron chi connectivity index (χ2n) is 7.55. The summed E-state index contributed by atoms with van der Waals surface area (Å²) in [6, 6.07) is 1.94. The summed E-state index contributed by atoms with van der Waals surface area (Å²) in [5.74, 6) is 0.847. The zero-order valence-corrected chi connectivity index (χ0v) is 14.5. The van der Waals surface area contributed by atoms with E-state index in [1.165, 1.54) is 0 Å². The molecule has 0 spiro atoms. The molecule has 1 atom stereocenters. The summed E-state index contributed by atoms with van der Waals surface area (Å²) in [7, 11) is 0. The number of hydrogen-bond donors (Lipinski definition) is 1. The molecule has 0 aromatic carbocycles. The molecule has 1 aromatic rings. The van der Waals surface area contributed by atoms with Crippen molar-refractivity contribution in [1.29, 1.82) is 0 Å². The van der Waals surface area contributed by atoms with Crippen LogP contribution in [0.2, 0.25) is 0 Å². The van der Waals surface area contributed by atoms with Gasteiger partial charge in [-0.25, -0.2) is 0 Å². The highest BCUT2D eigenvalue weighted by Gasteiger charge is 2.23. The van der Waals surface area contributed by atoms with Gasteiger partial charge in [0.25, 0.3) is 5.91 Å². The maximum atomic E-state index is 12.4. The first-order valence-electron chi connectivity index (χ1n) is 8.32. The molecule has 1 N–H and O–H groups in total. The van der Waals surface area contributed by atoms with Gasteiger partial charge in [0.1, 0.15) is 5.69 Å². The van der Waals surface area contributed by atoms with Crippen LogP contribution in [0.3, 0.4) is 0 Å². The van der Waals surface area contributed by atoms with Crippen molar-refractivity contribution in [1.82, 2.24) is 15.1 Å². The van der Waals surface area contributed by atoms with Gasteiger partial charge in [-0.15, -0.1) is 0 Å². The molecule has 4 nitrogen and oxygen atoms in total. The first-order valence-corrected chi connectivity index (χ1v) is 8.32. The molecule has 0 saturated heterocycles. The van der Waals surface area contributed by atoms with Gasteiger partial charge in [-0.3, -0.25) is 9.48 Å². The van der Waals surface area contributed by atoms with Crippen molar-refractivity contribution in [2.75, 3.05) is 6.54 Å². The first kappa shape index (κ1) is 16.8. The Labute approximate surface area is 134 Å².